The van der Waals surface area contributed by atoms with E-state index in [4.69, 9.17) is 0 Å². The number of rotatable bonds is 6. The molecule has 1 aliphatic heterocycles. The van der Waals surface area contributed by atoms with Crippen LogP contribution in [0, 0.1) is 6.92 Å². The summed E-state index contributed by atoms with van der Waals surface area (Å²) in [6.45, 7) is 6.84. The minimum Gasteiger partial charge on any atom is -0.368 e. The van der Waals surface area contributed by atoms with Gasteiger partial charge in [-0.15, -0.1) is 0 Å². The van der Waals surface area contributed by atoms with Crippen LogP contribution in [0.4, 0.5) is 11.4 Å². The van der Waals surface area contributed by atoms with Crippen LogP contribution in [0.1, 0.15) is 34.0 Å². The van der Waals surface area contributed by atoms with Crippen molar-refractivity contribution >= 4 is 23.2 Å². The second-order valence-electron chi connectivity index (χ2n) is 9.95. The maximum Gasteiger partial charge on any atom is 0.254 e. The Balaban J connectivity index is 1.26. The van der Waals surface area contributed by atoms with Crippen molar-refractivity contribution in [3.05, 3.63) is 131 Å². The van der Waals surface area contributed by atoms with E-state index in [1.807, 2.05) is 128 Å². The second-order valence-corrected chi connectivity index (χ2v) is 9.95. The molecule has 0 aromatic heterocycles. The van der Waals surface area contributed by atoms with Crippen molar-refractivity contribution in [3.8, 4) is 0 Å². The molecule has 0 saturated carbocycles. The Morgan fingerprint density at radius 2 is 1.21 bits per heavy atom. The van der Waals surface area contributed by atoms with Crippen LogP contribution in [0.5, 0.6) is 0 Å². The van der Waals surface area contributed by atoms with E-state index in [9.17, 15) is 9.59 Å². The van der Waals surface area contributed by atoms with Gasteiger partial charge in [-0.25, -0.2) is 0 Å². The maximum absolute atomic E-state index is 13.7. The smallest absolute Gasteiger partial charge is 0.254 e. The molecule has 1 saturated heterocycles. The average Bonchev–Trinajstić information content (AvgIpc) is 2.98. The van der Waals surface area contributed by atoms with E-state index in [2.05, 4.69) is 10.2 Å². The lowest BCUT2D eigenvalue weighted by molar-refractivity contribution is -0.119. The molecule has 5 heteroatoms. The molecular weight excluding hydrogens is 470 g/mol. The lowest BCUT2D eigenvalue weighted by Crippen LogP contribution is -2.48. The molecule has 5 nitrogen and oxygen atoms in total. The van der Waals surface area contributed by atoms with Crippen molar-refractivity contribution in [3.63, 3.8) is 0 Å². The van der Waals surface area contributed by atoms with Gasteiger partial charge >= 0.3 is 0 Å². The Kier molecular flexibility index (Phi) is 7.27. The van der Waals surface area contributed by atoms with Gasteiger partial charge in [0.1, 0.15) is 0 Å². The first-order valence-corrected chi connectivity index (χ1v) is 13.1. The zero-order chi connectivity index (χ0) is 26.5. The number of nitrogens with zero attached hydrogens (tertiary/aromatic N) is 2. The van der Waals surface area contributed by atoms with Gasteiger partial charge in [0, 0.05) is 43.1 Å². The number of nitrogens with one attached hydrogen (secondary N) is 1. The number of hydrogen-bond acceptors (Lipinski definition) is 3. The third-order valence-electron chi connectivity index (χ3n) is 7.59. The van der Waals surface area contributed by atoms with Crippen molar-refractivity contribution < 1.29 is 9.59 Å². The van der Waals surface area contributed by atoms with Crippen LogP contribution < -0.4 is 10.2 Å². The quantitative estimate of drug-likeness (QED) is 0.356. The molecule has 4 aromatic carbocycles. The normalized spacial score (nSPS) is 13.7. The molecule has 0 radical (unpaired) electrons. The zero-order valence-electron chi connectivity index (χ0n) is 21.9. The Labute approximate surface area is 224 Å². The lowest BCUT2D eigenvalue weighted by Gasteiger charge is -2.36. The molecule has 0 aliphatic carbocycles. The van der Waals surface area contributed by atoms with E-state index in [1.54, 1.807) is 0 Å². The number of hydrogen-bond donors (Lipinski definition) is 1. The minimum absolute atomic E-state index is 0.0778. The van der Waals surface area contributed by atoms with Crippen LogP contribution in [0.2, 0.25) is 0 Å². The summed E-state index contributed by atoms with van der Waals surface area (Å²) >= 11 is 0. The summed E-state index contributed by atoms with van der Waals surface area (Å²) in [7, 11) is 0. The van der Waals surface area contributed by atoms with Crippen molar-refractivity contribution in [1.82, 2.24) is 4.90 Å². The summed E-state index contributed by atoms with van der Waals surface area (Å²) in [6, 6.07) is 35.5. The first-order chi connectivity index (χ1) is 18.5. The molecule has 5 rings (SSSR count). The number of benzene rings is 4. The van der Waals surface area contributed by atoms with Gasteiger partial charge in [-0.2, -0.15) is 0 Å². The van der Waals surface area contributed by atoms with E-state index < -0.39 is 5.41 Å². The van der Waals surface area contributed by atoms with Gasteiger partial charge in [-0.05, 0) is 60.9 Å². The van der Waals surface area contributed by atoms with Crippen LogP contribution in [0.3, 0.4) is 0 Å². The molecule has 0 bridgehead atoms. The summed E-state index contributed by atoms with van der Waals surface area (Å²) in [5.74, 6) is 0.0201. The highest BCUT2D eigenvalue weighted by Crippen LogP contribution is 2.33. The highest BCUT2D eigenvalue weighted by molar-refractivity contribution is 6.01. The van der Waals surface area contributed by atoms with Crippen LogP contribution in [-0.2, 0) is 10.2 Å². The maximum atomic E-state index is 13.7. The topological polar surface area (TPSA) is 52.7 Å². The Morgan fingerprint density at radius 1 is 0.684 bits per heavy atom. The van der Waals surface area contributed by atoms with Gasteiger partial charge < -0.3 is 15.1 Å². The van der Waals surface area contributed by atoms with Crippen LogP contribution >= 0.6 is 0 Å². The van der Waals surface area contributed by atoms with Crippen molar-refractivity contribution in [1.29, 1.82) is 0 Å². The fourth-order valence-corrected chi connectivity index (χ4v) is 5.13. The van der Waals surface area contributed by atoms with Gasteiger partial charge in [0.2, 0.25) is 5.91 Å². The molecule has 0 unspecified atom stereocenters. The van der Waals surface area contributed by atoms with Crippen molar-refractivity contribution in [2.75, 3.05) is 36.4 Å². The molecule has 0 spiro atoms. The highest BCUT2D eigenvalue weighted by atomic mass is 16.2. The van der Waals surface area contributed by atoms with Gasteiger partial charge in [0.25, 0.3) is 5.91 Å². The van der Waals surface area contributed by atoms with E-state index >= 15 is 0 Å². The van der Waals surface area contributed by atoms with Crippen LogP contribution in [-0.4, -0.2) is 42.9 Å². The van der Waals surface area contributed by atoms with Gasteiger partial charge in [0.05, 0.1) is 5.41 Å². The van der Waals surface area contributed by atoms with Crippen molar-refractivity contribution in [2.45, 2.75) is 19.3 Å². The summed E-state index contributed by atoms with van der Waals surface area (Å²) in [5, 5.41) is 3.14. The zero-order valence-corrected chi connectivity index (χ0v) is 21.9. The molecule has 1 N–H and O–H groups in total. The largest absolute Gasteiger partial charge is 0.368 e. The predicted octanol–water partition coefficient (Wildman–Crippen LogP) is 5.90. The Morgan fingerprint density at radius 3 is 1.76 bits per heavy atom. The number of piperazine rings is 1. The predicted molar refractivity (Wildman–Crippen MR) is 154 cm³/mol. The fourth-order valence-electron chi connectivity index (χ4n) is 5.13. The van der Waals surface area contributed by atoms with E-state index in [0.29, 0.717) is 13.1 Å². The fraction of sp³-hybridized carbons (Fsp3) is 0.212. The Hall–Kier alpha value is -4.38. The average molecular weight is 504 g/mol. The number of aryl methyl sites for hydroxylation is 1. The number of carbonyl (C=O) groups excluding carboxylic acids is 2. The molecule has 4 aromatic rings. The first-order valence-electron chi connectivity index (χ1n) is 13.1. The first kappa shape index (κ1) is 25.3. The van der Waals surface area contributed by atoms with E-state index in [0.717, 1.165) is 46.7 Å². The van der Waals surface area contributed by atoms with E-state index in [-0.39, 0.29) is 11.8 Å². The van der Waals surface area contributed by atoms with E-state index in [1.165, 1.54) is 0 Å². The lowest BCUT2D eigenvalue weighted by atomic mass is 9.75. The number of amides is 2. The molecule has 2 amide bonds. The standard InChI is InChI=1S/C33H33N3O2/c1-25-11-9-10-16-30(25)31(37)36-23-21-35(22-24-36)29-19-17-28(18-20-29)34-32(38)33(2,26-12-5-3-6-13-26)27-14-7-4-8-15-27/h3-20H,21-24H2,1-2H3,(H,34,38). The molecule has 1 aliphatic rings. The minimum atomic E-state index is -0.832. The summed E-state index contributed by atoms with van der Waals surface area (Å²) in [5.41, 5.74) is 4.68. The van der Waals surface area contributed by atoms with Crippen LogP contribution in [0.25, 0.3) is 0 Å². The number of carbonyl (C=O) groups is 2. The highest BCUT2D eigenvalue weighted by Gasteiger charge is 2.37. The molecule has 192 valence electrons. The summed E-state index contributed by atoms with van der Waals surface area (Å²) < 4.78 is 0. The molecule has 38 heavy (non-hydrogen) atoms. The van der Waals surface area contributed by atoms with Gasteiger partial charge in [-0.1, -0.05) is 78.9 Å². The number of anilines is 2. The molecular formula is C33H33N3O2. The Bertz CT molecular complexity index is 1350. The second kappa shape index (κ2) is 10.9. The summed E-state index contributed by atoms with van der Waals surface area (Å²) in [6.07, 6.45) is 0. The molecule has 1 heterocycles. The monoisotopic (exact) mass is 503 g/mol. The van der Waals surface area contributed by atoms with Crippen molar-refractivity contribution in [2.24, 2.45) is 0 Å². The molecule has 1 fully saturated rings. The molecule has 0 atom stereocenters. The van der Waals surface area contributed by atoms with Gasteiger partial charge in [-0.3, -0.25) is 9.59 Å². The SMILES string of the molecule is Cc1ccccc1C(=O)N1CCN(c2ccc(NC(=O)C(C)(c3ccccc3)c3ccccc3)cc2)CC1. The van der Waals surface area contributed by atoms with Gasteiger partial charge in [0.15, 0.2) is 0 Å². The van der Waals surface area contributed by atoms with Crippen LogP contribution in [0.15, 0.2) is 109 Å². The third-order valence-corrected chi connectivity index (χ3v) is 7.59. The summed E-state index contributed by atoms with van der Waals surface area (Å²) in [4.78, 5) is 30.9. The third kappa shape index (κ3) is 5.05.